The Hall–Kier alpha value is -1.31. The second-order valence-electron chi connectivity index (χ2n) is 6.93. The summed E-state index contributed by atoms with van der Waals surface area (Å²) in [6.07, 6.45) is 5.19. The van der Waals surface area contributed by atoms with Crippen LogP contribution in [-0.4, -0.2) is 24.5 Å². The van der Waals surface area contributed by atoms with Crippen molar-refractivity contribution in [1.29, 1.82) is 0 Å². The summed E-state index contributed by atoms with van der Waals surface area (Å²) in [5.41, 5.74) is 4.74. The van der Waals surface area contributed by atoms with E-state index in [0.29, 0.717) is 0 Å². The number of likely N-dealkylation sites (tertiary alicyclic amines) is 1. The minimum absolute atomic E-state index is 0. The van der Waals surface area contributed by atoms with E-state index in [2.05, 4.69) is 59.5 Å². The molecule has 0 radical (unpaired) electrons. The van der Waals surface area contributed by atoms with Gasteiger partial charge < -0.3 is 4.90 Å². The zero-order chi connectivity index (χ0) is 14.8. The number of rotatable bonds is 3. The van der Waals surface area contributed by atoms with Crippen LogP contribution < -0.4 is 0 Å². The Morgan fingerprint density at radius 3 is 2.57 bits per heavy atom. The maximum absolute atomic E-state index is 2.70. The topological polar surface area (TPSA) is 3.24 Å². The van der Waals surface area contributed by atoms with Gasteiger partial charge in [-0.05, 0) is 60.8 Å². The Morgan fingerprint density at radius 1 is 0.913 bits per heavy atom. The lowest BCUT2D eigenvalue weighted by atomic mass is 9.71. The smallest absolute Gasteiger partial charge is 0.00219 e. The number of benzene rings is 2. The van der Waals surface area contributed by atoms with Crippen LogP contribution in [0.5, 0.6) is 0 Å². The summed E-state index contributed by atoms with van der Waals surface area (Å²) in [4.78, 5) is 2.70. The molecule has 2 aliphatic rings. The predicted molar refractivity (Wildman–Crippen MR) is 99.4 cm³/mol. The van der Waals surface area contributed by atoms with E-state index < -0.39 is 0 Å². The second-order valence-corrected chi connectivity index (χ2v) is 6.93. The second kappa shape index (κ2) is 7.51. The lowest BCUT2D eigenvalue weighted by Crippen LogP contribution is -2.42. The fraction of sp³-hybridized carbons (Fsp3) is 0.429. The number of piperidine rings is 1. The van der Waals surface area contributed by atoms with Crippen molar-refractivity contribution in [2.24, 2.45) is 5.92 Å². The van der Waals surface area contributed by atoms with Crippen molar-refractivity contribution in [1.82, 2.24) is 4.90 Å². The first-order valence-electron chi connectivity index (χ1n) is 8.74. The van der Waals surface area contributed by atoms with Crippen LogP contribution in [0.1, 0.15) is 35.4 Å². The molecule has 0 bridgehead atoms. The van der Waals surface area contributed by atoms with E-state index in [9.17, 15) is 0 Å². The molecule has 2 aromatic carbocycles. The Bertz CT molecular complexity index is 625. The van der Waals surface area contributed by atoms with Crippen molar-refractivity contribution in [3.05, 3.63) is 71.3 Å². The van der Waals surface area contributed by atoms with E-state index in [4.69, 9.17) is 0 Å². The molecule has 0 aromatic heterocycles. The quantitative estimate of drug-likeness (QED) is 0.789. The zero-order valence-electron chi connectivity index (χ0n) is 13.7. The first-order valence-corrected chi connectivity index (χ1v) is 8.74. The molecule has 1 nitrogen and oxygen atoms in total. The van der Waals surface area contributed by atoms with Crippen molar-refractivity contribution in [3.63, 3.8) is 0 Å². The Labute approximate surface area is 146 Å². The average molecular weight is 328 g/mol. The number of hydrogen-bond acceptors (Lipinski definition) is 1. The van der Waals surface area contributed by atoms with Gasteiger partial charge in [0.2, 0.25) is 0 Å². The molecule has 1 saturated heterocycles. The lowest BCUT2D eigenvalue weighted by Gasteiger charge is -2.42. The highest BCUT2D eigenvalue weighted by Gasteiger charge is 2.33. The van der Waals surface area contributed by atoms with Gasteiger partial charge in [-0.2, -0.15) is 0 Å². The minimum atomic E-state index is 0. The highest BCUT2D eigenvalue weighted by Crippen LogP contribution is 2.41. The number of fused-ring (bicyclic) bond motifs is 3. The molecule has 2 heteroatoms. The first kappa shape index (κ1) is 16.5. The lowest BCUT2D eigenvalue weighted by molar-refractivity contribution is 0.142. The summed E-state index contributed by atoms with van der Waals surface area (Å²) in [5, 5.41) is 0. The third kappa shape index (κ3) is 3.62. The van der Waals surface area contributed by atoms with Gasteiger partial charge in [0.15, 0.2) is 0 Å². The highest BCUT2D eigenvalue weighted by atomic mass is 35.5. The van der Waals surface area contributed by atoms with Crippen molar-refractivity contribution >= 4 is 12.4 Å². The van der Waals surface area contributed by atoms with Gasteiger partial charge >= 0.3 is 0 Å². The molecule has 1 aliphatic carbocycles. The van der Waals surface area contributed by atoms with Crippen molar-refractivity contribution in [2.75, 3.05) is 19.6 Å². The minimum Gasteiger partial charge on any atom is -0.303 e. The summed E-state index contributed by atoms with van der Waals surface area (Å²) in [6, 6.07) is 20.1. The third-order valence-electron chi connectivity index (χ3n) is 5.62. The molecule has 0 N–H and O–H groups in total. The molecule has 2 atom stereocenters. The van der Waals surface area contributed by atoms with E-state index in [1.54, 1.807) is 11.1 Å². The largest absolute Gasteiger partial charge is 0.303 e. The summed E-state index contributed by atoms with van der Waals surface area (Å²) in [7, 11) is 0. The Morgan fingerprint density at radius 2 is 1.70 bits per heavy atom. The number of aryl methyl sites for hydroxylation is 1. The maximum atomic E-state index is 2.70. The van der Waals surface area contributed by atoms with Gasteiger partial charge in [-0.15, -0.1) is 12.4 Å². The molecule has 0 amide bonds. The molecule has 122 valence electrons. The number of nitrogens with zero attached hydrogens (tertiary/aromatic N) is 1. The van der Waals surface area contributed by atoms with Gasteiger partial charge in [-0.25, -0.2) is 0 Å². The average Bonchev–Trinajstić information content (AvgIpc) is 2.60. The molecule has 1 aliphatic heterocycles. The molecular formula is C21H26ClN. The Balaban J connectivity index is 0.00000156. The maximum Gasteiger partial charge on any atom is 0.00219 e. The monoisotopic (exact) mass is 327 g/mol. The highest BCUT2D eigenvalue weighted by molar-refractivity contribution is 5.85. The van der Waals surface area contributed by atoms with Crippen LogP contribution in [0.15, 0.2) is 54.6 Å². The molecule has 2 aromatic rings. The van der Waals surface area contributed by atoms with Crippen LogP contribution >= 0.6 is 12.4 Å². The van der Waals surface area contributed by atoms with E-state index in [-0.39, 0.29) is 12.4 Å². The fourth-order valence-corrected chi connectivity index (χ4v) is 4.41. The Kier molecular flexibility index (Phi) is 5.40. The third-order valence-corrected chi connectivity index (χ3v) is 5.62. The van der Waals surface area contributed by atoms with Crippen molar-refractivity contribution in [2.45, 2.75) is 31.6 Å². The molecule has 1 heterocycles. The van der Waals surface area contributed by atoms with Gasteiger partial charge in [-0.3, -0.25) is 0 Å². The van der Waals surface area contributed by atoms with Gasteiger partial charge in [0.25, 0.3) is 0 Å². The standard InChI is InChI=1S/C21H25N.ClH/c1-2-6-17(7-3-1)12-14-22-15-13-21-19(16-22)11-10-18-8-4-5-9-20(18)21;/h1-9,19,21H,10-16H2;1H/t19-,21+;/m0./s1. The number of halogens is 1. The van der Waals surface area contributed by atoms with Gasteiger partial charge in [-0.1, -0.05) is 54.6 Å². The van der Waals surface area contributed by atoms with Crippen molar-refractivity contribution in [3.8, 4) is 0 Å². The predicted octanol–water partition coefficient (Wildman–Crippen LogP) is 4.70. The molecule has 0 spiro atoms. The summed E-state index contributed by atoms with van der Waals surface area (Å²) < 4.78 is 0. The molecular weight excluding hydrogens is 302 g/mol. The summed E-state index contributed by atoms with van der Waals surface area (Å²) in [5.74, 6) is 1.69. The number of hydrogen-bond donors (Lipinski definition) is 0. The normalized spacial score (nSPS) is 23.5. The zero-order valence-corrected chi connectivity index (χ0v) is 14.5. The van der Waals surface area contributed by atoms with Crippen LogP contribution in [0, 0.1) is 5.92 Å². The van der Waals surface area contributed by atoms with Gasteiger partial charge in [0, 0.05) is 13.1 Å². The van der Waals surface area contributed by atoms with Gasteiger partial charge in [0.05, 0.1) is 0 Å². The fourth-order valence-electron chi connectivity index (χ4n) is 4.41. The molecule has 23 heavy (non-hydrogen) atoms. The van der Waals surface area contributed by atoms with Crippen LogP contribution in [0.3, 0.4) is 0 Å². The van der Waals surface area contributed by atoms with Crippen LogP contribution in [0.2, 0.25) is 0 Å². The first-order chi connectivity index (χ1) is 10.9. The SMILES string of the molecule is Cl.c1ccc(CCN2CC[C@H]3c4ccccc4CC[C@H]3C2)cc1. The van der Waals surface area contributed by atoms with E-state index in [0.717, 1.165) is 11.8 Å². The van der Waals surface area contributed by atoms with Gasteiger partial charge in [0.1, 0.15) is 0 Å². The molecule has 0 unspecified atom stereocenters. The van der Waals surface area contributed by atoms with Crippen LogP contribution in [-0.2, 0) is 12.8 Å². The van der Waals surface area contributed by atoms with E-state index in [1.165, 1.54) is 50.9 Å². The van der Waals surface area contributed by atoms with E-state index >= 15 is 0 Å². The molecule has 1 fully saturated rings. The molecule has 0 saturated carbocycles. The van der Waals surface area contributed by atoms with E-state index in [1.807, 2.05) is 0 Å². The summed E-state index contributed by atoms with van der Waals surface area (Å²) >= 11 is 0. The molecule has 4 rings (SSSR count). The van der Waals surface area contributed by atoms with Crippen molar-refractivity contribution < 1.29 is 0 Å². The van der Waals surface area contributed by atoms with Crippen LogP contribution in [0.25, 0.3) is 0 Å². The van der Waals surface area contributed by atoms with Crippen LogP contribution in [0.4, 0.5) is 0 Å². The summed E-state index contributed by atoms with van der Waals surface area (Å²) in [6.45, 7) is 3.78.